The van der Waals surface area contributed by atoms with E-state index in [9.17, 15) is 18.0 Å². The lowest BCUT2D eigenvalue weighted by molar-refractivity contribution is -0.144. The maximum Gasteiger partial charge on any atom is 0.453 e. The Bertz CT molecular complexity index is 1200. The van der Waals surface area contributed by atoms with Gasteiger partial charge in [-0.1, -0.05) is 12.1 Å². The SMILES string of the molecule is CCOc1ccccc1OC1CCN(C(=O)CCc2c(C)nc3nc(C(F)(F)F)nn3c2C)CC1. The van der Waals surface area contributed by atoms with Gasteiger partial charge in [-0.05, 0) is 44.9 Å². The molecule has 0 spiro atoms. The molecular weight excluding hydrogens is 463 g/mol. The number of hydrogen-bond acceptors (Lipinski definition) is 6. The van der Waals surface area contributed by atoms with E-state index in [-0.39, 0.29) is 24.2 Å². The average Bonchev–Trinajstić information content (AvgIpc) is 3.26. The van der Waals surface area contributed by atoms with E-state index in [2.05, 4.69) is 15.1 Å². The van der Waals surface area contributed by atoms with Gasteiger partial charge in [-0.2, -0.15) is 18.2 Å². The Morgan fingerprint density at radius 2 is 1.80 bits per heavy atom. The second-order valence-electron chi connectivity index (χ2n) is 8.48. The second-order valence-corrected chi connectivity index (χ2v) is 8.48. The van der Waals surface area contributed by atoms with E-state index in [1.54, 1.807) is 13.8 Å². The van der Waals surface area contributed by atoms with Crippen molar-refractivity contribution in [2.45, 2.75) is 58.7 Å². The zero-order valence-electron chi connectivity index (χ0n) is 19.9. The first-order chi connectivity index (χ1) is 16.7. The number of likely N-dealkylation sites (tertiary alicyclic amines) is 1. The Kier molecular flexibility index (Phi) is 7.13. The highest BCUT2D eigenvalue weighted by atomic mass is 19.4. The summed E-state index contributed by atoms with van der Waals surface area (Å²) >= 11 is 0. The van der Waals surface area contributed by atoms with Crippen LogP contribution in [0.3, 0.4) is 0 Å². The number of ether oxygens (including phenoxy) is 2. The number of aromatic nitrogens is 4. The summed E-state index contributed by atoms with van der Waals surface area (Å²) in [4.78, 5) is 22.3. The molecule has 1 saturated heterocycles. The molecule has 3 heterocycles. The average molecular weight is 492 g/mol. The monoisotopic (exact) mass is 491 g/mol. The van der Waals surface area contributed by atoms with Gasteiger partial charge in [-0.3, -0.25) is 4.79 Å². The van der Waals surface area contributed by atoms with Crippen LogP contribution >= 0.6 is 0 Å². The van der Waals surface area contributed by atoms with Gasteiger partial charge in [0.2, 0.25) is 5.91 Å². The fourth-order valence-corrected chi connectivity index (χ4v) is 4.31. The molecular formula is C24H28F3N5O3. The number of alkyl halides is 3. The first kappa shape index (κ1) is 24.7. The van der Waals surface area contributed by atoms with Crippen molar-refractivity contribution in [1.29, 1.82) is 0 Å². The summed E-state index contributed by atoms with van der Waals surface area (Å²) < 4.78 is 51.8. The molecule has 1 amide bonds. The minimum absolute atomic E-state index is 0.00750. The normalized spacial score (nSPS) is 15.0. The van der Waals surface area contributed by atoms with Crippen molar-refractivity contribution in [1.82, 2.24) is 24.5 Å². The molecule has 1 aliphatic heterocycles. The minimum Gasteiger partial charge on any atom is -0.490 e. The Morgan fingerprint density at radius 3 is 2.46 bits per heavy atom. The molecule has 0 aliphatic carbocycles. The minimum atomic E-state index is -4.65. The molecule has 1 aliphatic rings. The number of fused-ring (bicyclic) bond motifs is 1. The summed E-state index contributed by atoms with van der Waals surface area (Å²) in [7, 11) is 0. The molecule has 11 heteroatoms. The van der Waals surface area contributed by atoms with Crippen molar-refractivity contribution >= 4 is 11.7 Å². The first-order valence-electron chi connectivity index (χ1n) is 11.6. The maximum atomic E-state index is 13.0. The quantitative estimate of drug-likeness (QED) is 0.494. The van der Waals surface area contributed by atoms with Crippen LogP contribution in [-0.2, 0) is 17.4 Å². The Balaban J connectivity index is 1.35. The predicted molar refractivity (Wildman–Crippen MR) is 121 cm³/mol. The Hall–Kier alpha value is -3.37. The molecule has 2 aromatic heterocycles. The highest BCUT2D eigenvalue weighted by molar-refractivity contribution is 5.76. The van der Waals surface area contributed by atoms with Crippen LogP contribution < -0.4 is 9.47 Å². The van der Waals surface area contributed by atoms with Gasteiger partial charge in [0.05, 0.1) is 6.61 Å². The molecule has 0 saturated carbocycles. The van der Waals surface area contributed by atoms with Gasteiger partial charge in [0.25, 0.3) is 11.6 Å². The number of halogens is 3. The molecule has 35 heavy (non-hydrogen) atoms. The summed E-state index contributed by atoms with van der Waals surface area (Å²) in [5.74, 6) is 0.0750. The molecule has 1 fully saturated rings. The van der Waals surface area contributed by atoms with Gasteiger partial charge in [-0.15, -0.1) is 5.10 Å². The van der Waals surface area contributed by atoms with E-state index in [1.165, 1.54) is 0 Å². The van der Waals surface area contributed by atoms with Crippen molar-refractivity contribution < 1.29 is 27.4 Å². The van der Waals surface area contributed by atoms with Crippen molar-refractivity contribution in [2.75, 3.05) is 19.7 Å². The van der Waals surface area contributed by atoms with Crippen LogP contribution in [0.4, 0.5) is 13.2 Å². The first-order valence-corrected chi connectivity index (χ1v) is 11.6. The Morgan fingerprint density at radius 1 is 1.11 bits per heavy atom. The van der Waals surface area contributed by atoms with Crippen LogP contribution in [0, 0.1) is 13.8 Å². The third-order valence-corrected chi connectivity index (χ3v) is 6.13. The van der Waals surface area contributed by atoms with Gasteiger partial charge >= 0.3 is 6.18 Å². The van der Waals surface area contributed by atoms with Gasteiger partial charge in [0, 0.05) is 43.7 Å². The van der Waals surface area contributed by atoms with Crippen LogP contribution in [-0.4, -0.2) is 56.2 Å². The number of aryl methyl sites for hydroxylation is 2. The number of nitrogens with zero attached hydrogens (tertiary/aromatic N) is 5. The number of rotatable bonds is 7. The van der Waals surface area contributed by atoms with Crippen LogP contribution in [0.15, 0.2) is 24.3 Å². The summed E-state index contributed by atoms with van der Waals surface area (Å²) in [5.41, 5.74) is 1.75. The van der Waals surface area contributed by atoms with Crippen LogP contribution in [0.25, 0.3) is 5.78 Å². The largest absolute Gasteiger partial charge is 0.490 e. The standard InChI is InChI=1S/C24H28F3N5O3/c1-4-34-19-7-5-6-8-20(19)35-17-11-13-31(14-12-17)21(33)10-9-18-15(2)28-23-29-22(24(25,26)27)30-32(23)16(18)3/h5-8,17H,4,9-14H2,1-3H3. The summed E-state index contributed by atoms with van der Waals surface area (Å²) in [5, 5.41) is 3.56. The fraction of sp³-hybridized carbons (Fsp3) is 0.500. The van der Waals surface area contributed by atoms with E-state index in [0.717, 1.165) is 4.52 Å². The molecule has 0 atom stereocenters. The third-order valence-electron chi connectivity index (χ3n) is 6.13. The molecule has 188 valence electrons. The van der Waals surface area contributed by atoms with E-state index in [4.69, 9.17) is 9.47 Å². The lowest BCUT2D eigenvalue weighted by Gasteiger charge is -2.32. The number of piperidine rings is 1. The van der Waals surface area contributed by atoms with Crippen LogP contribution in [0.1, 0.15) is 49.0 Å². The summed E-state index contributed by atoms with van der Waals surface area (Å²) in [6.45, 7) is 7.00. The molecule has 0 bridgehead atoms. The van der Waals surface area contributed by atoms with Crippen molar-refractivity contribution in [3.8, 4) is 11.5 Å². The van der Waals surface area contributed by atoms with Crippen LogP contribution in [0.2, 0.25) is 0 Å². The van der Waals surface area contributed by atoms with Gasteiger partial charge in [0.15, 0.2) is 11.5 Å². The lowest BCUT2D eigenvalue weighted by atomic mass is 10.0. The lowest BCUT2D eigenvalue weighted by Crippen LogP contribution is -2.41. The molecule has 1 aromatic carbocycles. The zero-order chi connectivity index (χ0) is 25.2. The van der Waals surface area contributed by atoms with Crippen molar-refractivity contribution in [3.05, 3.63) is 47.0 Å². The number of carbonyl (C=O) groups is 1. The predicted octanol–water partition coefficient (Wildman–Crippen LogP) is 4.16. The van der Waals surface area contributed by atoms with Crippen LogP contribution in [0.5, 0.6) is 11.5 Å². The second kappa shape index (κ2) is 10.1. The maximum absolute atomic E-state index is 13.0. The van der Waals surface area contributed by atoms with Gasteiger partial charge in [-0.25, -0.2) is 9.50 Å². The molecule has 8 nitrogen and oxygen atoms in total. The van der Waals surface area contributed by atoms with Crippen molar-refractivity contribution in [2.24, 2.45) is 0 Å². The number of benzene rings is 1. The smallest absolute Gasteiger partial charge is 0.453 e. The van der Waals surface area contributed by atoms with Gasteiger partial charge in [0.1, 0.15) is 6.10 Å². The van der Waals surface area contributed by atoms with Crippen molar-refractivity contribution in [3.63, 3.8) is 0 Å². The highest BCUT2D eigenvalue weighted by Gasteiger charge is 2.37. The molecule has 0 unspecified atom stereocenters. The fourth-order valence-electron chi connectivity index (χ4n) is 4.31. The number of hydrogen-bond donors (Lipinski definition) is 0. The third kappa shape index (κ3) is 5.49. The topological polar surface area (TPSA) is 81.9 Å². The van der Waals surface area contributed by atoms with Gasteiger partial charge < -0.3 is 14.4 Å². The highest BCUT2D eigenvalue weighted by Crippen LogP contribution is 2.30. The van der Waals surface area contributed by atoms with E-state index in [0.29, 0.717) is 67.4 Å². The van der Waals surface area contributed by atoms with E-state index < -0.39 is 12.0 Å². The molecule has 0 N–H and O–H groups in total. The van der Waals surface area contributed by atoms with E-state index >= 15 is 0 Å². The molecule has 3 aromatic rings. The number of carbonyl (C=O) groups excluding carboxylic acids is 1. The summed E-state index contributed by atoms with van der Waals surface area (Å²) in [6.07, 6.45) is -2.65. The number of para-hydroxylation sites is 2. The Labute approximate surface area is 201 Å². The molecule has 0 radical (unpaired) electrons. The summed E-state index contributed by atoms with van der Waals surface area (Å²) in [6, 6.07) is 7.55. The molecule has 4 rings (SSSR count). The number of amides is 1. The van der Waals surface area contributed by atoms with E-state index in [1.807, 2.05) is 36.1 Å². The zero-order valence-corrected chi connectivity index (χ0v) is 19.9.